The smallest absolute Gasteiger partial charge is 0.321 e. The van der Waals surface area contributed by atoms with Gasteiger partial charge in [0.25, 0.3) is 0 Å². The maximum absolute atomic E-state index is 11.6. The minimum absolute atomic E-state index is 0.0468. The van der Waals surface area contributed by atoms with Crippen molar-refractivity contribution >= 4 is 16.0 Å². The van der Waals surface area contributed by atoms with Gasteiger partial charge in [-0.3, -0.25) is 4.79 Å². The number of hydrogen-bond acceptors (Lipinski definition) is 3. The summed E-state index contributed by atoms with van der Waals surface area (Å²) < 4.78 is 25.4. The summed E-state index contributed by atoms with van der Waals surface area (Å²) in [6, 6.07) is -0.978. The summed E-state index contributed by atoms with van der Waals surface area (Å²) in [6.45, 7) is 1.83. The summed E-state index contributed by atoms with van der Waals surface area (Å²) >= 11 is 0. The highest BCUT2D eigenvalue weighted by atomic mass is 32.2. The average molecular weight is 249 g/mol. The molecule has 1 unspecified atom stereocenters. The molecule has 6 heteroatoms. The van der Waals surface area contributed by atoms with Crippen LogP contribution in [0.5, 0.6) is 0 Å². The topological polar surface area (TPSA) is 83.5 Å². The van der Waals surface area contributed by atoms with Crippen molar-refractivity contribution in [3.63, 3.8) is 0 Å². The monoisotopic (exact) mass is 249 g/mol. The molecule has 0 heterocycles. The number of carboxylic acid groups (broad SMARTS) is 1. The Hall–Kier alpha value is -0.620. The second-order valence-electron chi connectivity index (χ2n) is 4.35. The fourth-order valence-corrected chi connectivity index (χ4v) is 2.94. The summed E-state index contributed by atoms with van der Waals surface area (Å²) in [5.74, 6) is -0.520. The third-order valence-corrected chi connectivity index (χ3v) is 4.11. The van der Waals surface area contributed by atoms with Gasteiger partial charge in [0.15, 0.2) is 0 Å². The van der Waals surface area contributed by atoms with Crippen molar-refractivity contribution < 1.29 is 18.3 Å². The van der Waals surface area contributed by atoms with E-state index >= 15 is 0 Å². The van der Waals surface area contributed by atoms with Crippen LogP contribution in [0.1, 0.15) is 39.0 Å². The van der Waals surface area contributed by atoms with Crippen LogP contribution in [0.4, 0.5) is 0 Å². The van der Waals surface area contributed by atoms with Gasteiger partial charge in [0.05, 0.1) is 5.75 Å². The van der Waals surface area contributed by atoms with Gasteiger partial charge in [-0.25, -0.2) is 13.1 Å². The number of hydrogen-bond donors (Lipinski definition) is 2. The van der Waals surface area contributed by atoms with E-state index in [-0.39, 0.29) is 5.75 Å². The Morgan fingerprint density at radius 1 is 1.50 bits per heavy atom. The van der Waals surface area contributed by atoms with Gasteiger partial charge >= 0.3 is 5.97 Å². The fraction of sp³-hybridized carbons (Fsp3) is 0.900. The first-order valence-corrected chi connectivity index (χ1v) is 7.32. The molecule has 2 N–H and O–H groups in total. The first-order chi connectivity index (χ1) is 7.44. The summed E-state index contributed by atoms with van der Waals surface area (Å²) in [4.78, 5) is 10.8. The van der Waals surface area contributed by atoms with Gasteiger partial charge in [-0.2, -0.15) is 0 Å². The van der Waals surface area contributed by atoms with Crippen molar-refractivity contribution in [3.05, 3.63) is 0 Å². The maximum Gasteiger partial charge on any atom is 0.321 e. The highest BCUT2D eigenvalue weighted by Crippen LogP contribution is 2.32. The molecule has 5 nitrogen and oxygen atoms in total. The van der Waals surface area contributed by atoms with Crippen LogP contribution >= 0.6 is 0 Å². The summed E-state index contributed by atoms with van der Waals surface area (Å²) in [5, 5.41) is 8.83. The lowest BCUT2D eigenvalue weighted by molar-refractivity contribution is -0.139. The van der Waals surface area contributed by atoms with Crippen molar-refractivity contribution in [1.82, 2.24) is 4.72 Å². The largest absolute Gasteiger partial charge is 0.480 e. The second-order valence-corrected chi connectivity index (χ2v) is 6.22. The zero-order valence-corrected chi connectivity index (χ0v) is 10.3. The molecule has 0 saturated heterocycles. The molecule has 94 valence electrons. The molecule has 0 spiro atoms. The SMILES string of the molecule is CCCC(NS(=O)(=O)CCC1CC1)C(=O)O. The summed E-state index contributed by atoms with van der Waals surface area (Å²) in [6.07, 6.45) is 3.83. The van der Waals surface area contributed by atoms with Crippen LogP contribution in [0, 0.1) is 5.92 Å². The van der Waals surface area contributed by atoms with Crippen molar-refractivity contribution in [3.8, 4) is 0 Å². The molecule has 0 aromatic carbocycles. The highest BCUT2D eigenvalue weighted by Gasteiger charge is 2.27. The molecule has 1 saturated carbocycles. The molecule has 1 aliphatic rings. The zero-order chi connectivity index (χ0) is 12.2. The molecular weight excluding hydrogens is 230 g/mol. The Balaban J connectivity index is 2.43. The number of carbonyl (C=O) groups is 1. The Bertz CT molecular complexity index is 335. The maximum atomic E-state index is 11.6. The van der Waals surface area contributed by atoms with Crippen LogP contribution in [0.2, 0.25) is 0 Å². The Labute approximate surface area is 96.3 Å². The minimum atomic E-state index is -3.43. The standard InChI is InChI=1S/C10H19NO4S/c1-2-3-9(10(12)13)11-16(14,15)7-6-8-4-5-8/h8-9,11H,2-7H2,1H3,(H,12,13). The van der Waals surface area contributed by atoms with Crippen LogP contribution < -0.4 is 4.72 Å². The van der Waals surface area contributed by atoms with E-state index in [1.807, 2.05) is 6.92 Å². The van der Waals surface area contributed by atoms with Gasteiger partial charge in [-0.1, -0.05) is 26.2 Å². The van der Waals surface area contributed by atoms with Crippen molar-refractivity contribution in [2.24, 2.45) is 5.92 Å². The first-order valence-electron chi connectivity index (χ1n) is 5.67. The van der Waals surface area contributed by atoms with Crippen molar-refractivity contribution in [1.29, 1.82) is 0 Å². The first kappa shape index (κ1) is 13.4. The van der Waals surface area contributed by atoms with E-state index in [4.69, 9.17) is 5.11 Å². The van der Waals surface area contributed by atoms with Crippen molar-refractivity contribution in [2.75, 3.05) is 5.75 Å². The minimum Gasteiger partial charge on any atom is -0.480 e. The lowest BCUT2D eigenvalue weighted by Crippen LogP contribution is -2.41. The lowest BCUT2D eigenvalue weighted by Gasteiger charge is -2.13. The molecule has 0 aromatic rings. The van der Waals surface area contributed by atoms with Gasteiger partial charge in [0.2, 0.25) is 10.0 Å². The Kier molecular flexibility index (Phi) is 4.73. The molecule has 1 atom stereocenters. The van der Waals surface area contributed by atoms with Gasteiger partial charge in [-0.15, -0.1) is 0 Å². The molecule has 1 fully saturated rings. The number of carboxylic acids is 1. The molecule has 0 aromatic heterocycles. The quantitative estimate of drug-likeness (QED) is 0.671. The number of nitrogens with one attached hydrogen (secondary N) is 1. The molecule has 0 aliphatic heterocycles. The summed E-state index contributed by atoms with van der Waals surface area (Å²) in [7, 11) is -3.43. The lowest BCUT2D eigenvalue weighted by atomic mass is 10.2. The van der Waals surface area contributed by atoms with E-state index in [1.165, 1.54) is 0 Å². The summed E-state index contributed by atoms with van der Waals surface area (Å²) in [5.41, 5.74) is 0. The van der Waals surface area contributed by atoms with Crippen LogP contribution in [-0.4, -0.2) is 31.3 Å². The van der Waals surface area contributed by atoms with Gasteiger partial charge < -0.3 is 5.11 Å². The van der Waals surface area contributed by atoms with E-state index in [0.29, 0.717) is 25.2 Å². The predicted molar refractivity (Wildman–Crippen MR) is 60.6 cm³/mol. The van der Waals surface area contributed by atoms with Gasteiger partial charge in [0.1, 0.15) is 6.04 Å². The third kappa shape index (κ3) is 4.94. The van der Waals surface area contributed by atoms with Crippen LogP contribution in [0.25, 0.3) is 0 Å². The molecule has 0 bridgehead atoms. The van der Waals surface area contributed by atoms with Gasteiger partial charge in [-0.05, 0) is 18.8 Å². The molecular formula is C10H19NO4S. The van der Waals surface area contributed by atoms with Crippen LogP contribution in [-0.2, 0) is 14.8 Å². The molecule has 1 aliphatic carbocycles. The van der Waals surface area contributed by atoms with E-state index < -0.39 is 22.0 Å². The average Bonchev–Trinajstić information content (AvgIpc) is 2.97. The molecule has 1 rings (SSSR count). The van der Waals surface area contributed by atoms with Gasteiger partial charge in [0, 0.05) is 0 Å². The number of sulfonamides is 1. The van der Waals surface area contributed by atoms with E-state index in [1.54, 1.807) is 0 Å². The normalized spacial score (nSPS) is 18.3. The molecule has 16 heavy (non-hydrogen) atoms. The van der Waals surface area contributed by atoms with E-state index in [0.717, 1.165) is 12.8 Å². The third-order valence-electron chi connectivity index (χ3n) is 2.69. The second kappa shape index (κ2) is 5.63. The number of rotatable bonds is 8. The van der Waals surface area contributed by atoms with Crippen LogP contribution in [0.3, 0.4) is 0 Å². The predicted octanol–water partition coefficient (Wildman–Crippen LogP) is 0.959. The van der Waals surface area contributed by atoms with Crippen molar-refractivity contribution in [2.45, 2.75) is 45.1 Å². The van der Waals surface area contributed by atoms with E-state index in [2.05, 4.69) is 4.72 Å². The molecule has 0 amide bonds. The Morgan fingerprint density at radius 2 is 2.12 bits per heavy atom. The van der Waals surface area contributed by atoms with E-state index in [9.17, 15) is 13.2 Å². The Morgan fingerprint density at radius 3 is 2.56 bits per heavy atom. The van der Waals surface area contributed by atoms with Crippen LogP contribution in [0.15, 0.2) is 0 Å². The number of aliphatic carboxylic acids is 1. The zero-order valence-electron chi connectivity index (χ0n) is 9.48. The highest BCUT2D eigenvalue weighted by molar-refractivity contribution is 7.89. The molecule has 0 radical (unpaired) electrons. The fourth-order valence-electron chi connectivity index (χ4n) is 1.53.